The van der Waals surface area contributed by atoms with Gasteiger partial charge in [0, 0.05) is 23.4 Å². The van der Waals surface area contributed by atoms with E-state index in [4.69, 9.17) is 0 Å². The first-order valence-electron chi connectivity index (χ1n) is 9.38. The zero-order chi connectivity index (χ0) is 22.6. The summed E-state index contributed by atoms with van der Waals surface area (Å²) in [4.78, 5) is 19.9. The van der Waals surface area contributed by atoms with Gasteiger partial charge in [-0.3, -0.25) is 4.90 Å². The summed E-state index contributed by atoms with van der Waals surface area (Å²) in [5.74, 6) is -2.48. The molecular weight excluding hydrogens is 451 g/mol. The zero-order valence-corrected chi connectivity index (χ0v) is 16.8. The molecule has 1 aliphatic rings. The lowest BCUT2D eigenvalue weighted by atomic mass is 9.99. The van der Waals surface area contributed by atoms with E-state index in [-0.39, 0.29) is 23.2 Å². The van der Waals surface area contributed by atoms with Crippen molar-refractivity contribution in [1.82, 2.24) is 15.3 Å². The Labute approximate surface area is 181 Å². The molecule has 4 aromatic rings. The van der Waals surface area contributed by atoms with Gasteiger partial charge in [-0.1, -0.05) is 12.1 Å². The standard InChI is InChI=1S/C21H13F5N4OS/c22-18-12(10-5-17(32-8-10)21(24,25)26)2-3-13(19(18)23)16-7-27-20(31)30(16)11-1-4-14-15(6-11)29-9-28-14/h1-6,8-9,16H,7H2,(H,27,31)(H,28,29). The average Bonchev–Trinajstić information content (AvgIpc) is 3.48. The summed E-state index contributed by atoms with van der Waals surface area (Å²) in [5, 5.41) is 3.75. The van der Waals surface area contributed by atoms with Gasteiger partial charge in [0.15, 0.2) is 11.6 Å². The van der Waals surface area contributed by atoms with Crippen LogP contribution in [-0.4, -0.2) is 22.5 Å². The number of rotatable bonds is 3. The van der Waals surface area contributed by atoms with Gasteiger partial charge in [-0.2, -0.15) is 13.2 Å². The number of nitrogens with zero attached hydrogens (tertiary/aromatic N) is 2. The van der Waals surface area contributed by atoms with E-state index in [1.807, 2.05) is 0 Å². The van der Waals surface area contributed by atoms with Gasteiger partial charge in [-0.25, -0.2) is 18.6 Å². The SMILES string of the molecule is O=C1NCC(c2ccc(-c3csc(C(F)(F)F)c3)c(F)c2F)N1c1ccc2nc[nH]c2c1. The number of benzene rings is 2. The predicted molar refractivity (Wildman–Crippen MR) is 109 cm³/mol. The predicted octanol–water partition coefficient (Wildman–Crippen LogP) is 5.86. The van der Waals surface area contributed by atoms with Gasteiger partial charge >= 0.3 is 12.2 Å². The van der Waals surface area contributed by atoms with Gasteiger partial charge in [0.05, 0.1) is 23.4 Å². The van der Waals surface area contributed by atoms with Crippen molar-refractivity contribution in [1.29, 1.82) is 0 Å². The summed E-state index contributed by atoms with van der Waals surface area (Å²) in [6.45, 7) is 0.0340. The average molecular weight is 464 g/mol. The van der Waals surface area contributed by atoms with Crippen LogP contribution in [0.4, 0.5) is 32.4 Å². The Morgan fingerprint density at radius 1 is 1.09 bits per heavy atom. The summed E-state index contributed by atoms with van der Waals surface area (Å²) in [6.07, 6.45) is -3.07. The fourth-order valence-corrected chi connectivity index (χ4v) is 4.57. The van der Waals surface area contributed by atoms with Crippen LogP contribution in [0.25, 0.3) is 22.2 Å². The molecule has 1 fully saturated rings. The lowest BCUT2D eigenvalue weighted by Gasteiger charge is -2.24. The second-order valence-corrected chi connectivity index (χ2v) is 8.11. The second-order valence-electron chi connectivity index (χ2n) is 7.20. The third kappa shape index (κ3) is 3.29. The van der Waals surface area contributed by atoms with Gasteiger partial charge < -0.3 is 10.3 Å². The molecule has 1 aliphatic heterocycles. The Morgan fingerprint density at radius 3 is 2.66 bits per heavy atom. The number of amides is 2. The van der Waals surface area contributed by atoms with Crippen LogP contribution in [-0.2, 0) is 6.18 Å². The zero-order valence-electron chi connectivity index (χ0n) is 16.0. The number of imidazole rings is 1. The molecule has 0 bridgehead atoms. The number of alkyl halides is 3. The van der Waals surface area contributed by atoms with Crippen molar-refractivity contribution in [2.24, 2.45) is 0 Å². The van der Waals surface area contributed by atoms with Crippen LogP contribution in [0.5, 0.6) is 0 Å². The van der Waals surface area contributed by atoms with Gasteiger partial charge in [0.2, 0.25) is 0 Å². The first kappa shape index (κ1) is 20.4. The maximum atomic E-state index is 15.1. The Balaban J connectivity index is 1.53. The quantitative estimate of drug-likeness (QED) is 0.373. The van der Waals surface area contributed by atoms with E-state index in [9.17, 15) is 22.4 Å². The summed E-state index contributed by atoms with van der Waals surface area (Å²) in [6, 6.07) is 7.00. The van der Waals surface area contributed by atoms with Gasteiger partial charge in [-0.05, 0) is 35.2 Å². The maximum absolute atomic E-state index is 15.1. The van der Waals surface area contributed by atoms with Crippen LogP contribution in [0.1, 0.15) is 16.5 Å². The molecule has 2 aromatic carbocycles. The summed E-state index contributed by atoms with van der Waals surface area (Å²) in [7, 11) is 0. The number of halogens is 5. The molecule has 1 atom stereocenters. The molecule has 5 rings (SSSR count). The van der Waals surface area contributed by atoms with E-state index in [2.05, 4.69) is 15.3 Å². The number of hydrogen-bond acceptors (Lipinski definition) is 3. The van der Waals surface area contributed by atoms with E-state index in [1.165, 1.54) is 23.4 Å². The van der Waals surface area contributed by atoms with Crippen LogP contribution in [0, 0.1) is 11.6 Å². The molecule has 11 heteroatoms. The fourth-order valence-electron chi connectivity index (χ4n) is 3.79. The number of aromatic nitrogens is 2. The molecule has 0 radical (unpaired) electrons. The molecule has 1 saturated heterocycles. The molecule has 0 aliphatic carbocycles. The largest absolute Gasteiger partial charge is 0.425 e. The van der Waals surface area contributed by atoms with Crippen molar-refractivity contribution in [3.8, 4) is 11.1 Å². The number of fused-ring (bicyclic) bond motifs is 1. The number of anilines is 1. The highest BCUT2D eigenvalue weighted by Crippen LogP contribution is 2.40. The van der Waals surface area contributed by atoms with Gasteiger partial charge in [0.25, 0.3) is 0 Å². The molecule has 2 N–H and O–H groups in total. The van der Waals surface area contributed by atoms with E-state index in [1.54, 1.807) is 18.2 Å². The van der Waals surface area contributed by atoms with Crippen LogP contribution in [0.15, 0.2) is 48.1 Å². The van der Waals surface area contributed by atoms with Crippen LogP contribution in [0.2, 0.25) is 0 Å². The normalized spacial score (nSPS) is 16.7. The number of urea groups is 1. The number of thiophene rings is 1. The van der Waals surface area contributed by atoms with E-state index >= 15 is 4.39 Å². The number of carbonyl (C=O) groups is 1. The molecule has 2 amide bonds. The van der Waals surface area contributed by atoms with E-state index in [0.29, 0.717) is 28.1 Å². The molecule has 3 heterocycles. The summed E-state index contributed by atoms with van der Waals surface area (Å²) < 4.78 is 68.6. The minimum Gasteiger partial charge on any atom is -0.345 e. The highest BCUT2D eigenvalue weighted by Gasteiger charge is 2.37. The summed E-state index contributed by atoms with van der Waals surface area (Å²) >= 11 is 0.410. The molecule has 2 aromatic heterocycles. The van der Waals surface area contributed by atoms with Gasteiger partial charge in [0.1, 0.15) is 4.88 Å². The number of H-pyrrole nitrogens is 1. The van der Waals surface area contributed by atoms with Crippen molar-refractivity contribution in [3.63, 3.8) is 0 Å². The molecule has 1 unspecified atom stereocenters. The number of carbonyl (C=O) groups excluding carboxylic acids is 1. The van der Waals surface area contributed by atoms with Crippen molar-refractivity contribution in [2.45, 2.75) is 12.2 Å². The third-order valence-corrected chi connectivity index (χ3v) is 6.30. The minimum absolute atomic E-state index is 0.0340. The van der Waals surface area contributed by atoms with Gasteiger partial charge in [-0.15, -0.1) is 11.3 Å². The molecule has 5 nitrogen and oxygen atoms in total. The van der Waals surface area contributed by atoms with Crippen molar-refractivity contribution in [3.05, 3.63) is 70.2 Å². The Morgan fingerprint density at radius 2 is 1.91 bits per heavy atom. The van der Waals surface area contributed by atoms with Crippen molar-refractivity contribution < 1.29 is 26.7 Å². The first-order chi connectivity index (χ1) is 15.2. The number of hydrogen-bond donors (Lipinski definition) is 2. The molecule has 0 spiro atoms. The third-order valence-electron chi connectivity index (χ3n) is 5.32. The first-order valence-corrected chi connectivity index (χ1v) is 10.3. The van der Waals surface area contributed by atoms with E-state index < -0.39 is 34.8 Å². The number of aromatic amines is 1. The lowest BCUT2D eigenvalue weighted by Crippen LogP contribution is -2.30. The topological polar surface area (TPSA) is 61.0 Å². The minimum atomic E-state index is -4.57. The molecule has 164 valence electrons. The van der Waals surface area contributed by atoms with Crippen LogP contribution < -0.4 is 10.2 Å². The Kier molecular flexibility index (Phi) is 4.66. The maximum Gasteiger partial charge on any atom is 0.425 e. The van der Waals surface area contributed by atoms with Crippen molar-refractivity contribution in [2.75, 3.05) is 11.4 Å². The smallest absolute Gasteiger partial charge is 0.345 e. The lowest BCUT2D eigenvalue weighted by molar-refractivity contribution is -0.134. The molecular formula is C21H13F5N4OS. The number of nitrogens with one attached hydrogen (secondary N) is 2. The monoisotopic (exact) mass is 464 g/mol. The van der Waals surface area contributed by atoms with Crippen LogP contribution >= 0.6 is 11.3 Å². The second kappa shape index (κ2) is 7.30. The van der Waals surface area contributed by atoms with Crippen molar-refractivity contribution >= 4 is 34.1 Å². The van der Waals surface area contributed by atoms with E-state index in [0.717, 1.165) is 11.4 Å². The highest BCUT2D eigenvalue weighted by molar-refractivity contribution is 7.10. The Hall–Kier alpha value is -3.47. The van der Waals surface area contributed by atoms with Crippen LogP contribution in [0.3, 0.4) is 0 Å². The Bertz CT molecular complexity index is 1350. The fraction of sp³-hybridized carbons (Fsp3) is 0.143. The highest BCUT2D eigenvalue weighted by atomic mass is 32.1. The molecule has 0 saturated carbocycles. The molecule has 32 heavy (non-hydrogen) atoms. The summed E-state index contributed by atoms with van der Waals surface area (Å²) in [5.41, 5.74) is 1.38.